The maximum Gasteiger partial charge on any atom is 0.417 e. The zero-order valence-electron chi connectivity index (χ0n) is 11.3. The van der Waals surface area contributed by atoms with Crippen molar-refractivity contribution in [1.82, 2.24) is 4.98 Å². The van der Waals surface area contributed by atoms with Crippen LogP contribution in [0.25, 0.3) is 0 Å². The molecule has 7 heteroatoms. The van der Waals surface area contributed by atoms with Gasteiger partial charge in [-0.2, -0.15) is 13.2 Å². The zero-order chi connectivity index (χ0) is 15.8. The van der Waals surface area contributed by atoms with E-state index in [4.69, 9.17) is 22.1 Å². The molecule has 2 aromatic rings. The molecule has 0 unspecified atom stereocenters. The monoisotopic (exact) mass is 316 g/mol. The van der Waals surface area contributed by atoms with E-state index in [-0.39, 0.29) is 10.8 Å². The molecule has 0 saturated carbocycles. The van der Waals surface area contributed by atoms with Crippen molar-refractivity contribution in [2.45, 2.75) is 20.0 Å². The van der Waals surface area contributed by atoms with Gasteiger partial charge in [0, 0.05) is 0 Å². The number of rotatable bonds is 2. The van der Waals surface area contributed by atoms with Gasteiger partial charge in [-0.25, -0.2) is 4.98 Å². The van der Waals surface area contributed by atoms with Crippen LogP contribution in [0.2, 0.25) is 5.02 Å². The Morgan fingerprint density at radius 3 is 2.48 bits per heavy atom. The smallest absolute Gasteiger partial charge is 0.417 e. The van der Waals surface area contributed by atoms with E-state index in [2.05, 4.69) is 4.98 Å². The fourth-order valence-electron chi connectivity index (χ4n) is 1.71. The third-order valence-electron chi connectivity index (χ3n) is 2.87. The highest BCUT2D eigenvalue weighted by molar-refractivity contribution is 6.31. The van der Waals surface area contributed by atoms with Crippen LogP contribution in [0.3, 0.4) is 0 Å². The SMILES string of the molecule is Cc1cc(Oc2ccc(Cl)c(C(F)(F)F)c2)c(C)nc1N. The summed E-state index contributed by atoms with van der Waals surface area (Å²) >= 11 is 5.56. The average molecular weight is 317 g/mol. The number of nitrogen functional groups attached to an aromatic ring is 1. The Labute approximate surface area is 124 Å². The molecule has 3 nitrogen and oxygen atoms in total. The quantitative estimate of drug-likeness (QED) is 0.870. The van der Waals surface area contributed by atoms with Gasteiger partial charge in [-0.3, -0.25) is 0 Å². The number of hydrogen-bond acceptors (Lipinski definition) is 3. The van der Waals surface area contributed by atoms with E-state index >= 15 is 0 Å². The number of hydrogen-bond donors (Lipinski definition) is 1. The van der Waals surface area contributed by atoms with Gasteiger partial charge in [0.25, 0.3) is 0 Å². The number of nitrogens with zero attached hydrogens (tertiary/aromatic N) is 1. The second kappa shape index (κ2) is 5.44. The van der Waals surface area contributed by atoms with Crippen LogP contribution in [0.5, 0.6) is 11.5 Å². The van der Waals surface area contributed by atoms with E-state index in [1.807, 2.05) is 0 Å². The number of ether oxygens (including phenoxy) is 1. The topological polar surface area (TPSA) is 48.1 Å². The summed E-state index contributed by atoms with van der Waals surface area (Å²) in [6.45, 7) is 3.39. The number of anilines is 1. The highest BCUT2D eigenvalue weighted by Crippen LogP contribution is 2.38. The van der Waals surface area contributed by atoms with E-state index in [0.717, 1.165) is 12.1 Å². The first-order valence-electron chi connectivity index (χ1n) is 5.97. The van der Waals surface area contributed by atoms with Crippen LogP contribution < -0.4 is 10.5 Å². The van der Waals surface area contributed by atoms with Gasteiger partial charge in [-0.05, 0) is 43.7 Å². The Morgan fingerprint density at radius 1 is 1.19 bits per heavy atom. The summed E-state index contributed by atoms with van der Waals surface area (Å²) in [4.78, 5) is 4.06. The van der Waals surface area contributed by atoms with Crippen molar-refractivity contribution >= 4 is 17.4 Å². The van der Waals surface area contributed by atoms with E-state index in [1.165, 1.54) is 6.07 Å². The fraction of sp³-hybridized carbons (Fsp3) is 0.214. The molecule has 2 rings (SSSR count). The van der Waals surface area contributed by atoms with Crippen LogP contribution in [-0.4, -0.2) is 4.98 Å². The molecule has 0 aliphatic heterocycles. The number of benzene rings is 1. The lowest BCUT2D eigenvalue weighted by molar-refractivity contribution is -0.137. The highest BCUT2D eigenvalue weighted by Gasteiger charge is 2.33. The minimum atomic E-state index is -4.54. The standard InChI is InChI=1S/C14H12ClF3N2O/c1-7-5-12(8(2)20-13(7)19)21-9-3-4-11(15)10(6-9)14(16,17)18/h3-6H,1-2H3,(H2,19,20). The molecule has 2 N–H and O–H groups in total. The van der Waals surface area contributed by atoms with Gasteiger partial charge in [0.1, 0.15) is 17.3 Å². The van der Waals surface area contributed by atoms with Crippen LogP contribution >= 0.6 is 11.6 Å². The van der Waals surface area contributed by atoms with Crippen LogP contribution in [-0.2, 0) is 6.18 Å². The third kappa shape index (κ3) is 3.39. The number of pyridine rings is 1. The second-order valence-corrected chi connectivity index (χ2v) is 4.92. The van der Waals surface area contributed by atoms with Crippen molar-refractivity contribution in [3.05, 3.63) is 46.1 Å². The molecule has 0 saturated heterocycles. The van der Waals surface area contributed by atoms with Crippen molar-refractivity contribution in [2.24, 2.45) is 0 Å². The number of halogens is 4. The van der Waals surface area contributed by atoms with E-state index in [1.54, 1.807) is 19.9 Å². The Morgan fingerprint density at radius 2 is 1.86 bits per heavy atom. The van der Waals surface area contributed by atoms with Gasteiger partial charge in [0.05, 0.1) is 16.3 Å². The fourth-order valence-corrected chi connectivity index (χ4v) is 1.94. The van der Waals surface area contributed by atoms with Gasteiger partial charge in [0.2, 0.25) is 0 Å². The first-order valence-corrected chi connectivity index (χ1v) is 6.34. The van der Waals surface area contributed by atoms with Crippen molar-refractivity contribution in [3.8, 4) is 11.5 Å². The lowest BCUT2D eigenvalue weighted by Gasteiger charge is -2.13. The average Bonchev–Trinajstić information content (AvgIpc) is 2.37. The van der Waals surface area contributed by atoms with Crippen LogP contribution in [0.15, 0.2) is 24.3 Å². The largest absolute Gasteiger partial charge is 0.455 e. The lowest BCUT2D eigenvalue weighted by Crippen LogP contribution is -2.06. The Kier molecular flexibility index (Phi) is 4.00. The molecule has 0 aliphatic carbocycles. The predicted molar refractivity (Wildman–Crippen MR) is 74.7 cm³/mol. The van der Waals surface area contributed by atoms with Crippen molar-refractivity contribution in [1.29, 1.82) is 0 Å². The summed E-state index contributed by atoms with van der Waals surface area (Å²) < 4.78 is 43.8. The highest BCUT2D eigenvalue weighted by atomic mass is 35.5. The molecule has 0 atom stereocenters. The Balaban J connectivity index is 2.39. The molecule has 0 aliphatic rings. The number of aryl methyl sites for hydroxylation is 2. The van der Waals surface area contributed by atoms with Gasteiger partial charge < -0.3 is 10.5 Å². The minimum absolute atomic E-state index is 0.0285. The van der Waals surface area contributed by atoms with Crippen LogP contribution in [0, 0.1) is 13.8 Å². The molecule has 0 bridgehead atoms. The van der Waals surface area contributed by atoms with Gasteiger partial charge in [-0.1, -0.05) is 11.6 Å². The van der Waals surface area contributed by atoms with Crippen molar-refractivity contribution in [3.63, 3.8) is 0 Å². The molecular formula is C14H12ClF3N2O. The summed E-state index contributed by atoms with van der Waals surface area (Å²) in [7, 11) is 0. The Hall–Kier alpha value is -1.95. The molecule has 0 spiro atoms. The molecule has 0 amide bonds. The maximum atomic E-state index is 12.8. The zero-order valence-corrected chi connectivity index (χ0v) is 12.0. The van der Waals surface area contributed by atoms with Gasteiger partial charge >= 0.3 is 6.18 Å². The number of aromatic nitrogens is 1. The van der Waals surface area contributed by atoms with Crippen LogP contribution in [0.1, 0.15) is 16.8 Å². The summed E-state index contributed by atoms with van der Waals surface area (Å²) in [5.74, 6) is 0.727. The van der Waals surface area contributed by atoms with Gasteiger partial charge in [-0.15, -0.1) is 0 Å². The summed E-state index contributed by atoms with van der Waals surface area (Å²) in [6.07, 6.45) is -4.54. The minimum Gasteiger partial charge on any atom is -0.455 e. The van der Waals surface area contributed by atoms with Crippen LogP contribution in [0.4, 0.5) is 19.0 Å². The summed E-state index contributed by atoms with van der Waals surface area (Å²) in [5.41, 5.74) is 5.87. The number of alkyl halides is 3. The molecule has 1 heterocycles. The normalized spacial score (nSPS) is 11.5. The molecule has 21 heavy (non-hydrogen) atoms. The molecule has 1 aromatic heterocycles. The predicted octanol–water partition coefficient (Wildman–Crippen LogP) is 4.75. The Bertz CT molecular complexity index is 687. The number of nitrogens with two attached hydrogens (primary N) is 1. The van der Waals surface area contributed by atoms with Crippen molar-refractivity contribution < 1.29 is 17.9 Å². The van der Waals surface area contributed by atoms with Crippen molar-refractivity contribution in [2.75, 3.05) is 5.73 Å². The molecule has 1 aromatic carbocycles. The molecular weight excluding hydrogens is 305 g/mol. The molecule has 0 radical (unpaired) electrons. The van der Waals surface area contributed by atoms with E-state index in [9.17, 15) is 13.2 Å². The molecule has 112 valence electrons. The first-order chi connectivity index (χ1) is 9.68. The third-order valence-corrected chi connectivity index (χ3v) is 3.20. The van der Waals surface area contributed by atoms with E-state index < -0.39 is 11.7 Å². The first kappa shape index (κ1) is 15.4. The van der Waals surface area contributed by atoms with Gasteiger partial charge in [0.15, 0.2) is 0 Å². The summed E-state index contributed by atoms with van der Waals surface area (Å²) in [6, 6.07) is 4.99. The second-order valence-electron chi connectivity index (χ2n) is 4.52. The summed E-state index contributed by atoms with van der Waals surface area (Å²) in [5, 5.41) is -0.377. The van der Waals surface area contributed by atoms with E-state index in [0.29, 0.717) is 22.8 Å². The maximum absolute atomic E-state index is 12.8. The molecule has 0 fully saturated rings. The lowest BCUT2D eigenvalue weighted by atomic mass is 10.2.